The summed E-state index contributed by atoms with van der Waals surface area (Å²) in [5, 5.41) is 9.00. The Balaban J connectivity index is 2.29. The van der Waals surface area contributed by atoms with Gasteiger partial charge in [0, 0.05) is 11.8 Å². The van der Waals surface area contributed by atoms with Crippen LogP contribution in [-0.2, 0) is 6.42 Å². The fraction of sp³-hybridized carbons (Fsp3) is 0.200. The smallest absolute Gasteiger partial charge is 0.335 e. The molecule has 0 aliphatic rings. The first-order chi connectivity index (χ1) is 9.08. The van der Waals surface area contributed by atoms with Crippen molar-refractivity contribution in [2.45, 2.75) is 20.3 Å². The normalized spacial score (nSPS) is 10.2. The van der Waals surface area contributed by atoms with Gasteiger partial charge in [0.25, 0.3) is 0 Å². The van der Waals surface area contributed by atoms with Crippen LogP contribution in [0.3, 0.4) is 0 Å². The molecule has 0 saturated carbocycles. The van der Waals surface area contributed by atoms with Gasteiger partial charge in [-0.1, -0.05) is 19.1 Å². The zero-order valence-electron chi connectivity index (χ0n) is 10.9. The zero-order valence-corrected chi connectivity index (χ0v) is 10.9. The van der Waals surface area contributed by atoms with E-state index in [1.165, 1.54) is 12.1 Å². The molecule has 0 amide bonds. The molecule has 98 valence electrons. The highest BCUT2D eigenvalue weighted by Crippen LogP contribution is 2.22. The number of carboxylic acids is 1. The Labute approximate surface area is 111 Å². The maximum Gasteiger partial charge on any atom is 0.335 e. The quantitative estimate of drug-likeness (QED) is 0.911. The second-order valence-corrected chi connectivity index (χ2v) is 4.24. The molecular weight excluding hydrogens is 242 g/mol. The van der Waals surface area contributed by atoms with Gasteiger partial charge in [-0.25, -0.2) is 9.78 Å². The number of aromatic nitrogens is 1. The fourth-order valence-corrected chi connectivity index (χ4v) is 1.76. The van der Waals surface area contributed by atoms with E-state index in [1.54, 1.807) is 6.92 Å². The molecule has 2 rings (SSSR count). The highest BCUT2D eigenvalue weighted by Gasteiger charge is 2.08. The summed E-state index contributed by atoms with van der Waals surface area (Å²) in [5.41, 5.74) is 1.94. The molecule has 19 heavy (non-hydrogen) atoms. The van der Waals surface area contributed by atoms with Crippen LogP contribution in [0.5, 0.6) is 11.6 Å². The third-order valence-corrected chi connectivity index (χ3v) is 2.71. The second kappa shape index (κ2) is 5.52. The lowest BCUT2D eigenvalue weighted by Crippen LogP contribution is -2.00. The standard InChI is InChI=1S/C15H15NO3/c1-3-11-5-4-6-13(8-11)19-14-9-12(15(17)18)7-10(2)16-14/h4-9H,3H2,1-2H3,(H,17,18). The number of ether oxygens (including phenoxy) is 1. The molecule has 4 heteroatoms. The van der Waals surface area contributed by atoms with Gasteiger partial charge in [-0.05, 0) is 37.1 Å². The molecule has 0 radical (unpaired) electrons. The van der Waals surface area contributed by atoms with Gasteiger partial charge in [0.15, 0.2) is 0 Å². The van der Waals surface area contributed by atoms with Crippen molar-refractivity contribution in [1.82, 2.24) is 4.98 Å². The lowest BCUT2D eigenvalue weighted by molar-refractivity contribution is 0.0696. The minimum Gasteiger partial charge on any atom is -0.478 e. The van der Waals surface area contributed by atoms with Gasteiger partial charge in [0.05, 0.1) is 5.56 Å². The average Bonchev–Trinajstić information content (AvgIpc) is 2.38. The minimum atomic E-state index is -0.988. The van der Waals surface area contributed by atoms with Crippen LogP contribution < -0.4 is 4.74 Å². The monoisotopic (exact) mass is 257 g/mol. The summed E-state index contributed by atoms with van der Waals surface area (Å²) in [6.07, 6.45) is 0.915. The lowest BCUT2D eigenvalue weighted by atomic mass is 10.2. The molecule has 1 heterocycles. The van der Waals surface area contributed by atoms with E-state index in [2.05, 4.69) is 11.9 Å². The summed E-state index contributed by atoms with van der Waals surface area (Å²) in [7, 11) is 0. The molecular formula is C15H15NO3. The van der Waals surface area contributed by atoms with Crippen molar-refractivity contribution in [3.05, 3.63) is 53.2 Å². The maximum atomic E-state index is 11.0. The van der Waals surface area contributed by atoms with Gasteiger partial charge in [-0.3, -0.25) is 0 Å². The van der Waals surface area contributed by atoms with E-state index in [9.17, 15) is 4.79 Å². The lowest BCUT2D eigenvalue weighted by Gasteiger charge is -2.07. The van der Waals surface area contributed by atoms with E-state index in [-0.39, 0.29) is 5.56 Å². The molecule has 0 atom stereocenters. The number of carbonyl (C=O) groups is 1. The Bertz CT molecular complexity index is 608. The van der Waals surface area contributed by atoms with Crippen molar-refractivity contribution in [2.75, 3.05) is 0 Å². The Morgan fingerprint density at radius 3 is 2.79 bits per heavy atom. The number of aryl methyl sites for hydroxylation is 2. The van der Waals surface area contributed by atoms with Crippen LogP contribution in [0.15, 0.2) is 36.4 Å². The summed E-state index contributed by atoms with van der Waals surface area (Å²) in [6.45, 7) is 3.80. The summed E-state index contributed by atoms with van der Waals surface area (Å²) in [4.78, 5) is 15.2. The van der Waals surface area contributed by atoms with Crippen molar-refractivity contribution >= 4 is 5.97 Å². The number of nitrogens with zero attached hydrogens (tertiary/aromatic N) is 1. The number of hydrogen-bond donors (Lipinski definition) is 1. The van der Waals surface area contributed by atoms with Crippen LogP contribution in [0.2, 0.25) is 0 Å². The number of benzene rings is 1. The number of rotatable bonds is 4. The molecule has 1 N–H and O–H groups in total. The molecule has 2 aromatic rings. The Morgan fingerprint density at radius 1 is 1.32 bits per heavy atom. The van der Waals surface area contributed by atoms with Gasteiger partial charge in [0.1, 0.15) is 5.75 Å². The van der Waals surface area contributed by atoms with Crippen molar-refractivity contribution in [3.8, 4) is 11.6 Å². The summed E-state index contributed by atoms with van der Waals surface area (Å²) in [5.74, 6) is -0.0305. The molecule has 4 nitrogen and oxygen atoms in total. The first kappa shape index (κ1) is 13.1. The van der Waals surface area contributed by atoms with E-state index in [1.807, 2.05) is 24.3 Å². The van der Waals surface area contributed by atoms with Crippen molar-refractivity contribution in [2.24, 2.45) is 0 Å². The fourth-order valence-electron chi connectivity index (χ4n) is 1.76. The highest BCUT2D eigenvalue weighted by atomic mass is 16.5. The molecule has 0 aliphatic heterocycles. The Hall–Kier alpha value is -2.36. The first-order valence-electron chi connectivity index (χ1n) is 6.07. The molecule has 0 bridgehead atoms. The molecule has 1 aromatic carbocycles. The van der Waals surface area contributed by atoms with Crippen LogP contribution in [0, 0.1) is 6.92 Å². The van der Waals surface area contributed by atoms with Crippen molar-refractivity contribution in [1.29, 1.82) is 0 Å². The second-order valence-electron chi connectivity index (χ2n) is 4.24. The van der Waals surface area contributed by atoms with Gasteiger partial charge in [-0.2, -0.15) is 0 Å². The van der Waals surface area contributed by atoms with E-state index in [4.69, 9.17) is 9.84 Å². The molecule has 0 spiro atoms. The Kier molecular flexibility index (Phi) is 3.80. The molecule has 0 unspecified atom stereocenters. The molecule has 0 aliphatic carbocycles. The topological polar surface area (TPSA) is 59.4 Å². The van der Waals surface area contributed by atoms with Crippen LogP contribution in [0.4, 0.5) is 0 Å². The number of carboxylic acid groups (broad SMARTS) is 1. The Morgan fingerprint density at radius 2 is 2.11 bits per heavy atom. The zero-order chi connectivity index (χ0) is 13.8. The third-order valence-electron chi connectivity index (χ3n) is 2.71. The minimum absolute atomic E-state index is 0.175. The highest BCUT2D eigenvalue weighted by molar-refractivity contribution is 5.88. The SMILES string of the molecule is CCc1cccc(Oc2cc(C(=O)O)cc(C)n2)c1. The van der Waals surface area contributed by atoms with E-state index < -0.39 is 5.97 Å². The van der Waals surface area contributed by atoms with Crippen LogP contribution in [-0.4, -0.2) is 16.1 Å². The average molecular weight is 257 g/mol. The summed E-state index contributed by atoms with van der Waals surface area (Å²) >= 11 is 0. The largest absolute Gasteiger partial charge is 0.478 e. The molecule has 0 saturated heterocycles. The van der Waals surface area contributed by atoms with E-state index in [0.29, 0.717) is 17.3 Å². The first-order valence-corrected chi connectivity index (χ1v) is 6.07. The van der Waals surface area contributed by atoms with E-state index in [0.717, 1.165) is 12.0 Å². The maximum absolute atomic E-state index is 11.0. The van der Waals surface area contributed by atoms with Gasteiger partial charge in [-0.15, -0.1) is 0 Å². The number of hydrogen-bond acceptors (Lipinski definition) is 3. The van der Waals surface area contributed by atoms with Crippen LogP contribution in [0.1, 0.15) is 28.5 Å². The van der Waals surface area contributed by atoms with Gasteiger partial charge in [0.2, 0.25) is 5.88 Å². The molecule has 0 fully saturated rings. The van der Waals surface area contributed by atoms with Gasteiger partial charge < -0.3 is 9.84 Å². The summed E-state index contributed by atoms with van der Waals surface area (Å²) in [6, 6.07) is 10.6. The van der Waals surface area contributed by atoms with Crippen LogP contribution in [0.25, 0.3) is 0 Å². The predicted octanol–water partition coefficient (Wildman–Crippen LogP) is 3.44. The summed E-state index contributed by atoms with van der Waals surface area (Å²) < 4.78 is 5.62. The van der Waals surface area contributed by atoms with Gasteiger partial charge >= 0.3 is 5.97 Å². The predicted molar refractivity (Wildman–Crippen MR) is 71.8 cm³/mol. The number of pyridine rings is 1. The van der Waals surface area contributed by atoms with Crippen molar-refractivity contribution in [3.63, 3.8) is 0 Å². The third kappa shape index (κ3) is 3.31. The van der Waals surface area contributed by atoms with E-state index >= 15 is 0 Å². The van der Waals surface area contributed by atoms with Crippen LogP contribution >= 0.6 is 0 Å². The molecule has 1 aromatic heterocycles. The van der Waals surface area contributed by atoms with Crippen molar-refractivity contribution < 1.29 is 14.6 Å². The number of aromatic carboxylic acids is 1.